The zero-order valence-corrected chi connectivity index (χ0v) is 22.9. The molecule has 0 heterocycles. The number of fused-ring (bicyclic) bond motifs is 3. The molecule has 2 bridgehead atoms. The minimum atomic E-state index is 0.902. The van der Waals surface area contributed by atoms with Gasteiger partial charge in [0.2, 0.25) is 0 Å². The fraction of sp³-hybridized carbons (Fsp3) is 0.150. The monoisotopic (exact) mass is 514 g/mol. The standard InChI is InChI=1S/C40H34/c1-2-4-19-37(35-25-24-30-13-7-8-14-32(30)27-35)39-21-10-9-20-38(39)36(18-3-1)33-15-6-5-12-29-22-23-31-16-11-17-34(28-33)40(31)26-29/h1-7,9-13,16-17,20-25,27-28H,8,14-15,18-19,26H2/b3-1-,4-2-,6-5-,29-12-,33-28+,38-36?,39-37?. The molecule has 0 fully saturated rings. The van der Waals surface area contributed by atoms with E-state index in [-0.39, 0.29) is 0 Å². The third-order valence-corrected chi connectivity index (χ3v) is 8.58. The second kappa shape index (κ2) is 11.0. The molecule has 3 aromatic rings. The van der Waals surface area contributed by atoms with Crippen LogP contribution in [0, 0.1) is 0 Å². The lowest BCUT2D eigenvalue weighted by Gasteiger charge is -2.19. The molecule has 0 unspecified atom stereocenters. The van der Waals surface area contributed by atoms with Gasteiger partial charge >= 0.3 is 0 Å². The van der Waals surface area contributed by atoms with E-state index in [0.717, 1.165) is 38.5 Å². The van der Waals surface area contributed by atoms with E-state index in [0.29, 0.717) is 0 Å². The number of allylic oxidation sites excluding steroid dienone is 11. The highest BCUT2D eigenvalue weighted by molar-refractivity contribution is 5.80. The highest BCUT2D eigenvalue weighted by Crippen LogP contribution is 2.31. The molecule has 0 nitrogen and oxygen atoms in total. The second-order valence-corrected chi connectivity index (χ2v) is 11.1. The molecule has 0 aromatic heterocycles. The van der Waals surface area contributed by atoms with Gasteiger partial charge in [0, 0.05) is 0 Å². The van der Waals surface area contributed by atoms with E-state index >= 15 is 0 Å². The summed E-state index contributed by atoms with van der Waals surface area (Å²) in [5.41, 5.74) is 13.9. The van der Waals surface area contributed by atoms with Gasteiger partial charge in [-0.15, -0.1) is 0 Å². The molecule has 0 amide bonds. The highest BCUT2D eigenvalue weighted by Gasteiger charge is 2.15. The molecule has 0 heteroatoms. The van der Waals surface area contributed by atoms with Crippen molar-refractivity contribution in [1.29, 1.82) is 0 Å². The van der Waals surface area contributed by atoms with E-state index in [4.69, 9.17) is 0 Å². The first kappa shape index (κ1) is 24.6. The van der Waals surface area contributed by atoms with Gasteiger partial charge in [-0.05, 0) is 105 Å². The number of hydrogen-bond acceptors (Lipinski definition) is 0. The summed E-state index contributed by atoms with van der Waals surface area (Å²) >= 11 is 0. The van der Waals surface area contributed by atoms with Crippen LogP contribution in [0.15, 0.2) is 126 Å². The Kier molecular flexibility index (Phi) is 6.76. The molecule has 0 saturated heterocycles. The maximum Gasteiger partial charge on any atom is -0.00139 e. The molecule has 0 aliphatic heterocycles. The fourth-order valence-electron chi connectivity index (χ4n) is 6.49. The van der Waals surface area contributed by atoms with Crippen LogP contribution in [0.4, 0.5) is 0 Å². The van der Waals surface area contributed by atoms with Gasteiger partial charge in [0.1, 0.15) is 0 Å². The molecule has 0 saturated carbocycles. The molecule has 40 heavy (non-hydrogen) atoms. The minimum absolute atomic E-state index is 0.902. The van der Waals surface area contributed by atoms with E-state index in [1.807, 2.05) is 0 Å². The van der Waals surface area contributed by atoms with Crippen LogP contribution in [0.1, 0.15) is 59.1 Å². The van der Waals surface area contributed by atoms with Gasteiger partial charge in [-0.1, -0.05) is 134 Å². The molecular formula is C40H34. The molecule has 194 valence electrons. The van der Waals surface area contributed by atoms with Crippen LogP contribution in [0.25, 0.3) is 29.4 Å². The van der Waals surface area contributed by atoms with Crippen LogP contribution in [-0.2, 0) is 12.8 Å². The summed E-state index contributed by atoms with van der Waals surface area (Å²) in [6.45, 7) is 0. The summed E-state index contributed by atoms with van der Waals surface area (Å²) in [5.74, 6) is 0. The maximum absolute atomic E-state index is 2.47. The van der Waals surface area contributed by atoms with E-state index < -0.39 is 0 Å². The average molecular weight is 515 g/mol. The predicted octanol–water partition coefficient (Wildman–Crippen LogP) is 8.44. The predicted molar refractivity (Wildman–Crippen MR) is 172 cm³/mol. The van der Waals surface area contributed by atoms with Crippen molar-refractivity contribution >= 4 is 29.4 Å². The quantitative estimate of drug-likeness (QED) is 0.322. The lowest BCUT2D eigenvalue weighted by atomic mass is 9.86. The van der Waals surface area contributed by atoms with Crippen LogP contribution in [0.5, 0.6) is 0 Å². The number of aryl methyl sites for hydroxylation is 1. The normalized spacial score (nSPS) is 22.6. The largest absolute Gasteiger partial charge is 0.0836 e. The zero-order chi connectivity index (χ0) is 26.7. The zero-order valence-electron chi connectivity index (χ0n) is 22.9. The molecule has 0 spiro atoms. The first-order valence-electron chi connectivity index (χ1n) is 14.6. The molecular weight excluding hydrogens is 480 g/mol. The van der Waals surface area contributed by atoms with Gasteiger partial charge < -0.3 is 0 Å². The van der Waals surface area contributed by atoms with Crippen molar-refractivity contribution in [3.05, 3.63) is 170 Å². The lowest BCUT2D eigenvalue weighted by molar-refractivity contribution is 0.984. The summed E-state index contributed by atoms with van der Waals surface area (Å²) in [5, 5.41) is 2.71. The van der Waals surface area contributed by atoms with Crippen LogP contribution in [-0.4, -0.2) is 0 Å². The Morgan fingerprint density at radius 2 is 1.38 bits per heavy atom. The number of rotatable bonds is 2. The van der Waals surface area contributed by atoms with Gasteiger partial charge in [-0.25, -0.2) is 0 Å². The first-order valence-corrected chi connectivity index (χ1v) is 14.6. The Hall–Kier alpha value is -4.42. The maximum atomic E-state index is 2.47. The summed E-state index contributed by atoms with van der Waals surface area (Å²) in [6.07, 6.45) is 33.5. The summed E-state index contributed by atoms with van der Waals surface area (Å²) in [7, 11) is 0. The Labute approximate surface area is 237 Å². The van der Waals surface area contributed by atoms with Gasteiger partial charge in [0.15, 0.2) is 0 Å². The molecule has 4 aliphatic carbocycles. The third kappa shape index (κ3) is 4.87. The van der Waals surface area contributed by atoms with Gasteiger partial charge in [0.05, 0.1) is 0 Å². The highest BCUT2D eigenvalue weighted by atomic mass is 14.2. The molecule has 3 aromatic carbocycles. The average Bonchev–Trinajstić information content (AvgIpc) is 3.01. The smallest absolute Gasteiger partial charge is 0.00139 e. The SMILES string of the molecule is C1=Cc2ccc(C3=c4ccccc4=C(/C4=C/c5cccc6c5C/C(=C\C=C/C4)C=C6)C/C=C\C=C/C3)cc2CC1. The summed E-state index contributed by atoms with van der Waals surface area (Å²) in [4.78, 5) is 0. The number of hydrogen-bond donors (Lipinski definition) is 0. The van der Waals surface area contributed by atoms with Crippen molar-refractivity contribution in [2.45, 2.75) is 38.5 Å². The molecule has 0 N–H and O–H groups in total. The van der Waals surface area contributed by atoms with Gasteiger partial charge in [-0.2, -0.15) is 0 Å². The molecule has 4 aliphatic rings. The van der Waals surface area contributed by atoms with E-state index in [9.17, 15) is 0 Å². The van der Waals surface area contributed by atoms with Crippen molar-refractivity contribution in [2.24, 2.45) is 0 Å². The Bertz CT molecular complexity index is 1820. The number of benzene rings is 3. The van der Waals surface area contributed by atoms with E-state index in [2.05, 4.69) is 134 Å². The molecule has 0 radical (unpaired) electrons. The lowest BCUT2D eigenvalue weighted by Crippen LogP contribution is -2.30. The van der Waals surface area contributed by atoms with Crippen LogP contribution in [0.3, 0.4) is 0 Å². The second-order valence-electron chi connectivity index (χ2n) is 11.1. The van der Waals surface area contributed by atoms with Crippen LogP contribution < -0.4 is 10.4 Å². The molecule has 0 atom stereocenters. The summed E-state index contributed by atoms with van der Waals surface area (Å²) < 4.78 is 0. The Balaban J connectivity index is 1.49. The fourth-order valence-corrected chi connectivity index (χ4v) is 6.49. The van der Waals surface area contributed by atoms with Gasteiger partial charge in [-0.3, -0.25) is 0 Å². The van der Waals surface area contributed by atoms with Crippen molar-refractivity contribution in [3.63, 3.8) is 0 Å². The van der Waals surface area contributed by atoms with Crippen molar-refractivity contribution in [3.8, 4) is 0 Å². The van der Waals surface area contributed by atoms with Crippen LogP contribution >= 0.6 is 0 Å². The molecule has 7 rings (SSSR count). The topological polar surface area (TPSA) is 0 Å². The Morgan fingerprint density at radius 1 is 0.575 bits per heavy atom. The van der Waals surface area contributed by atoms with Crippen LogP contribution in [0.2, 0.25) is 0 Å². The van der Waals surface area contributed by atoms with E-state index in [1.165, 1.54) is 66.1 Å². The Morgan fingerprint density at radius 3 is 2.27 bits per heavy atom. The minimum Gasteiger partial charge on any atom is -0.0836 e. The van der Waals surface area contributed by atoms with Gasteiger partial charge in [0.25, 0.3) is 0 Å². The van der Waals surface area contributed by atoms with Crippen molar-refractivity contribution < 1.29 is 0 Å². The van der Waals surface area contributed by atoms with Crippen molar-refractivity contribution in [1.82, 2.24) is 0 Å². The summed E-state index contributed by atoms with van der Waals surface area (Å²) in [6, 6.07) is 22.9. The van der Waals surface area contributed by atoms with E-state index in [1.54, 1.807) is 0 Å². The third-order valence-electron chi connectivity index (χ3n) is 8.58. The van der Waals surface area contributed by atoms with Crippen molar-refractivity contribution in [2.75, 3.05) is 0 Å². The first-order chi connectivity index (χ1) is 19.8.